The number of carbonyl (C=O) groups is 2. The second-order valence-electron chi connectivity index (χ2n) is 5.96. The average Bonchev–Trinajstić information content (AvgIpc) is 2.57. The SMILES string of the molecule is Cc1ccc(CC(=O)OCC(=O)Nc2c(Cl)cccc2C(F)(F)F)cc1C. The lowest BCUT2D eigenvalue weighted by Gasteiger charge is -2.15. The Morgan fingerprint density at radius 2 is 1.81 bits per heavy atom. The monoisotopic (exact) mass is 399 g/mol. The normalized spacial score (nSPS) is 11.2. The summed E-state index contributed by atoms with van der Waals surface area (Å²) in [6, 6.07) is 8.61. The zero-order valence-corrected chi connectivity index (χ0v) is 15.4. The Kier molecular flexibility index (Phi) is 6.49. The summed E-state index contributed by atoms with van der Waals surface area (Å²) in [4.78, 5) is 23.7. The molecule has 0 aliphatic carbocycles. The van der Waals surface area contributed by atoms with Crippen LogP contribution in [0.5, 0.6) is 0 Å². The number of ether oxygens (including phenoxy) is 1. The van der Waals surface area contributed by atoms with Crippen LogP contribution in [0.3, 0.4) is 0 Å². The molecule has 4 nitrogen and oxygen atoms in total. The lowest BCUT2D eigenvalue weighted by molar-refractivity contribution is -0.146. The number of hydrogen-bond acceptors (Lipinski definition) is 3. The molecule has 0 aliphatic heterocycles. The number of halogens is 4. The fourth-order valence-corrected chi connectivity index (χ4v) is 2.56. The Morgan fingerprint density at radius 3 is 2.44 bits per heavy atom. The zero-order chi connectivity index (χ0) is 20.2. The van der Waals surface area contributed by atoms with E-state index in [1.807, 2.05) is 26.0 Å². The molecule has 144 valence electrons. The van der Waals surface area contributed by atoms with E-state index in [0.717, 1.165) is 23.3 Å². The van der Waals surface area contributed by atoms with Gasteiger partial charge in [-0.05, 0) is 42.7 Å². The predicted molar refractivity (Wildman–Crippen MR) is 95.7 cm³/mol. The van der Waals surface area contributed by atoms with Crippen molar-refractivity contribution in [2.75, 3.05) is 11.9 Å². The average molecular weight is 400 g/mol. The van der Waals surface area contributed by atoms with Gasteiger partial charge in [-0.3, -0.25) is 9.59 Å². The molecule has 8 heteroatoms. The number of carbonyl (C=O) groups excluding carboxylic acids is 2. The summed E-state index contributed by atoms with van der Waals surface area (Å²) in [7, 11) is 0. The van der Waals surface area contributed by atoms with E-state index < -0.39 is 35.9 Å². The van der Waals surface area contributed by atoms with Crippen LogP contribution in [0.15, 0.2) is 36.4 Å². The highest BCUT2D eigenvalue weighted by Gasteiger charge is 2.34. The molecule has 0 atom stereocenters. The Labute approximate surface area is 159 Å². The number of alkyl halides is 3. The maximum Gasteiger partial charge on any atom is 0.418 e. The molecule has 0 fully saturated rings. The molecule has 0 unspecified atom stereocenters. The van der Waals surface area contributed by atoms with Gasteiger partial charge in [0.2, 0.25) is 0 Å². The highest BCUT2D eigenvalue weighted by molar-refractivity contribution is 6.34. The molecule has 1 amide bonds. The van der Waals surface area contributed by atoms with Gasteiger partial charge in [-0.15, -0.1) is 0 Å². The third kappa shape index (κ3) is 5.72. The predicted octanol–water partition coefficient (Wildman–Crippen LogP) is 4.70. The van der Waals surface area contributed by atoms with E-state index in [2.05, 4.69) is 5.32 Å². The summed E-state index contributed by atoms with van der Waals surface area (Å²) in [6.45, 7) is 3.12. The topological polar surface area (TPSA) is 55.4 Å². The van der Waals surface area contributed by atoms with E-state index in [9.17, 15) is 22.8 Å². The molecule has 0 saturated carbocycles. The molecule has 27 heavy (non-hydrogen) atoms. The van der Waals surface area contributed by atoms with Crippen LogP contribution in [0.25, 0.3) is 0 Å². The molecule has 1 N–H and O–H groups in total. The van der Waals surface area contributed by atoms with Crippen LogP contribution in [-0.4, -0.2) is 18.5 Å². The summed E-state index contributed by atoms with van der Waals surface area (Å²) < 4.78 is 43.8. The molecule has 0 bridgehead atoms. The van der Waals surface area contributed by atoms with Crippen molar-refractivity contribution in [3.8, 4) is 0 Å². The number of benzene rings is 2. The quantitative estimate of drug-likeness (QED) is 0.741. The van der Waals surface area contributed by atoms with Gasteiger partial charge in [-0.2, -0.15) is 13.2 Å². The molecule has 0 heterocycles. The van der Waals surface area contributed by atoms with Gasteiger partial charge in [0.25, 0.3) is 5.91 Å². The minimum atomic E-state index is -4.69. The van der Waals surface area contributed by atoms with Gasteiger partial charge in [0.15, 0.2) is 6.61 Å². The van der Waals surface area contributed by atoms with Crippen molar-refractivity contribution in [3.63, 3.8) is 0 Å². The van der Waals surface area contributed by atoms with Crippen molar-refractivity contribution >= 4 is 29.2 Å². The van der Waals surface area contributed by atoms with Crippen molar-refractivity contribution in [2.45, 2.75) is 26.4 Å². The first-order valence-electron chi connectivity index (χ1n) is 7.95. The third-order valence-corrected chi connectivity index (χ3v) is 4.18. The molecule has 2 aromatic carbocycles. The van der Waals surface area contributed by atoms with Crippen molar-refractivity contribution in [1.82, 2.24) is 0 Å². The molecule has 2 rings (SSSR count). The zero-order valence-electron chi connectivity index (χ0n) is 14.6. The van der Waals surface area contributed by atoms with E-state index in [4.69, 9.17) is 16.3 Å². The molecular weight excluding hydrogens is 383 g/mol. The summed E-state index contributed by atoms with van der Waals surface area (Å²) in [5.41, 5.74) is 1.16. The molecule has 0 spiro atoms. The van der Waals surface area contributed by atoms with E-state index in [1.54, 1.807) is 6.07 Å². The fourth-order valence-electron chi connectivity index (χ4n) is 2.34. The molecular formula is C19H17ClF3NO3. The highest BCUT2D eigenvalue weighted by atomic mass is 35.5. The van der Waals surface area contributed by atoms with Crippen molar-refractivity contribution in [2.24, 2.45) is 0 Å². The van der Waals surface area contributed by atoms with E-state index in [1.165, 1.54) is 6.07 Å². The van der Waals surface area contributed by atoms with Crippen molar-refractivity contribution in [1.29, 1.82) is 0 Å². The second-order valence-corrected chi connectivity index (χ2v) is 6.37. The molecule has 0 aromatic heterocycles. The largest absolute Gasteiger partial charge is 0.455 e. The van der Waals surface area contributed by atoms with Gasteiger partial charge in [-0.1, -0.05) is 35.9 Å². The summed E-state index contributed by atoms with van der Waals surface area (Å²) in [5, 5.41) is 1.79. The second kappa shape index (κ2) is 8.43. The Bertz CT molecular complexity index is 866. The van der Waals surface area contributed by atoms with Crippen molar-refractivity contribution < 1.29 is 27.5 Å². The Morgan fingerprint density at radius 1 is 1.11 bits per heavy atom. The van der Waals surface area contributed by atoms with Crippen LogP contribution in [0.4, 0.5) is 18.9 Å². The maximum absolute atomic E-state index is 13.0. The lowest BCUT2D eigenvalue weighted by atomic mass is 10.0. The van der Waals surface area contributed by atoms with Crippen LogP contribution in [0.1, 0.15) is 22.3 Å². The van der Waals surface area contributed by atoms with Crippen LogP contribution in [0, 0.1) is 13.8 Å². The number of nitrogens with one attached hydrogen (secondary N) is 1. The first-order valence-corrected chi connectivity index (χ1v) is 8.33. The van der Waals surface area contributed by atoms with E-state index >= 15 is 0 Å². The Balaban J connectivity index is 1.97. The summed E-state index contributed by atoms with van der Waals surface area (Å²) in [5.74, 6) is -1.58. The number of amides is 1. The molecule has 2 aromatic rings. The first-order chi connectivity index (χ1) is 12.6. The lowest BCUT2D eigenvalue weighted by Crippen LogP contribution is -2.23. The molecule has 0 saturated heterocycles. The van der Waals surface area contributed by atoms with Gasteiger partial charge in [-0.25, -0.2) is 0 Å². The molecule has 0 radical (unpaired) electrons. The Hall–Kier alpha value is -2.54. The van der Waals surface area contributed by atoms with Crippen molar-refractivity contribution in [3.05, 3.63) is 63.7 Å². The summed E-state index contributed by atoms with van der Waals surface area (Å²) >= 11 is 5.75. The smallest absolute Gasteiger partial charge is 0.418 e. The fraction of sp³-hybridized carbons (Fsp3) is 0.263. The number of esters is 1. The minimum Gasteiger partial charge on any atom is -0.455 e. The maximum atomic E-state index is 13.0. The van der Waals surface area contributed by atoms with Crippen LogP contribution >= 0.6 is 11.6 Å². The standard InChI is InChI=1S/C19H17ClF3NO3/c1-11-6-7-13(8-12(11)2)9-17(26)27-10-16(25)24-18-14(19(21,22)23)4-3-5-15(18)20/h3-8H,9-10H2,1-2H3,(H,24,25). The van der Waals surface area contributed by atoms with Gasteiger partial charge in [0, 0.05) is 0 Å². The van der Waals surface area contributed by atoms with Gasteiger partial charge >= 0.3 is 12.1 Å². The number of para-hydroxylation sites is 1. The first kappa shape index (κ1) is 20.8. The number of rotatable bonds is 5. The van der Waals surface area contributed by atoms with E-state index in [0.29, 0.717) is 5.56 Å². The third-order valence-electron chi connectivity index (χ3n) is 3.87. The van der Waals surface area contributed by atoms with Gasteiger partial charge < -0.3 is 10.1 Å². The van der Waals surface area contributed by atoms with Gasteiger partial charge in [0.05, 0.1) is 22.7 Å². The number of anilines is 1. The van der Waals surface area contributed by atoms with Crippen LogP contribution in [0.2, 0.25) is 5.02 Å². The van der Waals surface area contributed by atoms with Crippen LogP contribution < -0.4 is 5.32 Å². The highest BCUT2D eigenvalue weighted by Crippen LogP contribution is 2.38. The van der Waals surface area contributed by atoms with E-state index in [-0.39, 0.29) is 11.4 Å². The summed E-state index contributed by atoms with van der Waals surface area (Å²) in [6.07, 6.45) is -4.73. The minimum absolute atomic E-state index is 0.0473. The number of hydrogen-bond donors (Lipinski definition) is 1. The van der Waals surface area contributed by atoms with Crippen LogP contribution in [-0.2, 0) is 26.9 Å². The van der Waals surface area contributed by atoms with Gasteiger partial charge in [0.1, 0.15) is 0 Å². The number of aryl methyl sites for hydroxylation is 2. The molecule has 0 aliphatic rings.